The quantitative estimate of drug-likeness (QED) is 0.798. The molecule has 2 aliphatic rings. The van der Waals surface area contributed by atoms with Crippen LogP contribution in [0.25, 0.3) is 0 Å². The van der Waals surface area contributed by atoms with Crippen LogP contribution in [0.2, 0.25) is 0 Å². The van der Waals surface area contributed by atoms with E-state index in [2.05, 4.69) is 13.0 Å². The van der Waals surface area contributed by atoms with Crippen molar-refractivity contribution in [1.29, 1.82) is 0 Å². The molecule has 2 unspecified atom stereocenters. The summed E-state index contributed by atoms with van der Waals surface area (Å²) in [6.07, 6.45) is 3.61. The largest absolute Gasteiger partial charge is 0.378 e. The lowest BCUT2D eigenvalue weighted by Crippen LogP contribution is -2.42. The molecule has 1 aromatic rings. The van der Waals surface area contributed by atoms with Gasteiger partial charge in [0.05, 0.1) is 17.1 Å². The third-order valence-corrected chi connectivity index (χ3v) is 5.43. The van der Waals surface area contributed by atoms with Crippen LogP contribution in [0, 0.1) is 5.92 Å². The van der Waals surface area contributed by atoms with E-state index in [0.29, 0.717) is 19.0 Å². The van der Waals surface area contributed by atoms with Gasteiger partial charge in [-0.3, -0.25) is 4.79 Å². The summed E-state index contributed by atoms with van der Waals surface area (Å²) in [5.74, 6) is 0.415. The fourth-order valence-corrected chi connectivity index (χ4v) is 3.98. The van der Waals surface area contributed by atoms with Gasteiger partial charge in [0.15, 0.2) is 5.78 Å². The molecule has 0 radical (unpaired) electrons. The molecule has 3 rings (SSSR count). The van der Waals surface area contributed by atoms with Crippen LogP contribution in [0.1, 0.15) is 40.7 Å². The Morgan fingerprint density at radius 3 is 3.05 bits per heavy atom. The molecule has 0 bridgehead atoms. The van der Waals surface area contributed by atoms with Gasteiger partial charge >= 0.3 is 0 Å². The molecule has 1 spiro atoms. The second kappa shape index (κ2) is 5.35. The van der Waals surface area contributed by atoms with Crippen molar-refractivity contribution in [3.63, 3.8) is 0 Å². The van der Waals surface area contributed by atoms with E-state index in [-0.39, 0.29) is 11.5 Å². The molecule has 1 aromatic heterocycles. The lowest BCUT2D eigenvalue weighted by Gasteiger charge is -2.36. The molecule has 0 aliphatic carbocycles. The first-order valence-electron chi connectivity index (χ1n) is 7.07. The van der Waals surface area contributed by atoms with Gasteiger partial charge in [-0.15, -0.1) is 11.3 Å². The van der Waals surface area contributed by atoms with Gasteiger partial charge in [-0.05, 0) is 31.4 Å². The normalized spacial score (nSPS) is 30.9. The second-order valence-corrected chi connectivity index (χ2v) is 6.68. The number of Topliss-reactive ketones (excluding diaryl/α,β-unsaturated/α-hetero) is 1. The van der Waals surface area contributed by atoms with E-state index in [1.165, 1.54) is 4.88 Å². The van der Waals surface area contributed by atoms with Gasteiger partial charge in [-0.25, -0.2) is 0 Å². The van der Waals surface area contributed by atoms with E-state index in [4.69, 9.17) is 9.47 Å². The van der Waals surface area contributed by atoms with Gasteiger partial charge in [0.1, 0.15) is 0 Å². The van der Waals surface area contributed by atoms with Crippen molar-refractivity contribution in [2.24, 2.45) is 5.92 Å². The molecule has 104 valence electrons. The number of aryl methyl sites for hydroxylation is 1. The Labute approximate surface area is 117 Å². The Kier molecular flexibility index (Phi) is 3.74. The maximum absolute atomic E-state index is 12.6. The number of carbonyl (C=O) groups is 1. The average Bonchev–Trinajstić information content (AvgIpc) is 3.07. The van der Waals surface area contributed by atoms with Crippen molar-refractivity contribution in [2.45, 2.75) is 38.2 Å². The van der Waals surface area contributed by atoms with Gasteiger partial charge in [0, 0.05) is 30.4 Å². The molecule has 2 saturated heterocycles. The van der Waals surface area contributed by atoms with Crippen LogP contribution in [0.15, 0.2) is 12.1 Å². The molecule has 0 saturated carbocycles. The van der Waals surface area contributed by atoms with Gasteiger partial charge < -0.3 is 9.47 Å². The summed E-state index contributed by atoms with van der Waals surface area (Å²) in [6, 6.07) is 4.06. The van der Waals surface area contributed by atoms with E-state index >= 15 is 0 Å². The molecule has 2 aliphatic heterocycles. The van der Waals surface area contributed by atoms with Crippen molar-refractivity contribution in [3.05, 3.63) is 21.9 Å². The van der Waals surface area contributed by atoms with E-state index in [9.17, 15) is 4.79 Å². The van der Waals surface area contributed by atoms with Gasteiger partial charge in [0.25, 0.3) is 0 Å². The summed E-state index contributed by atoms with van der Waals surface area (Å²) < 4.78 is 11.4. The Morgan fingerprint density at radius 2 is 2.37 bits per heavy atom. The van der Waals surface area contributed by atoms with Crippen molar-refractivity contribution in [2.75, 3.05) is 19.8 Å². The van der Waals surface area contributed by atoms with Gasteiger partial charge in [-0.1, -0.05) is 6.92 Å². The molecule has 2 atom stereocenters. The number of ketones is 1. The highest BCUT2D eigenvalue weighted by Crippen LogP contribution is 2.37. The molecule has 3 heterocycles. The van der Waals surface area contributed by atoms with Crippen LogP contribution in [0.4, 0.5) is 0 Å². The first kappa shape index (κ1) is 13.3. The minimum atomic E-state index is -0.177. The lowest BCUT2D eigenvalue weighted by molar-refractivity contribution is -0.0920. The average molecular weight is 280 g/mol. The zero-order valence-corrected chi connectivity index (χ0v) is 12.1. The Bertz CT molecular complexity index is 460. The molecule has 2 fully saturated rings. The second-order valence-electron chi connectivity index (χ2n) is 5.51. The molecule has 0 amide bonds. The minimum absolute atomic E-state index is 0.110. The van der Waals surface area contributed by atoms with Crippen molar-refractivity contribution in [3.8, 4) is 0 Å². The monoisotopic (exact) mass is 280 g/mol. The van der Waals surface area contributed by atoms with Gasteiger partial charge in [-0.2, -0.15) is 0 Å². The molecule has 4 heteroatoms. The SMILES string of the molecule is CCc1ccc(C(=O)C2CCOC3(CCOC3)C2)s1. The fourth-order valence-electron chi connectivity index (χ4n) is 3.02. The molecular weight excluding hydrogens is 260 g/mol. The highest BCUT2D eigenvalue weighted by molar-refractivity contribution is 7.14. The first-order valence-corrected chi connectivity index (χ1v) is 7.89. The van der Waals surface area contributed by atoms with E-state index in [1.807, 2.05) is 6.07 Å². The summed E-state index contributed by atoms with van der Waals surface area (Å²) in [5, 5.41) is 0. The number of hydrogen-bond donors (Lipinski definition) is 0. The first-order chi connectivity index (χ1) is 9.22. The van der Waals surface area contributed by atoms with Crippen LogP contribution < -0.4 is 0 Å². The van der Waals surface area contributed by atoms with Crippen LogP contribution in [-0.2, 0) is 15.9 Å². The summed E-state index contributed by atoms with van der Waals surface area (Å²) in [4.78, 5) is 14.8. The smallest absolute Gasteiger partial charge is 0.176 e. The molecule has 0 N–H and O–H groups in total. The number of thiophene rings is 1. The van der Waals surface area contributed by atoms with Crippen molar-refractivity contribution < 1.29 is 14.3 Å². The molecule has 0 aromatic carbocycles. The summed E-state index contributed by atoms with van der Waals surface area (Å²) in [6.45, 7) is 4.23. The maximum atomic E-state index is 12.6. The molecule has 3 nitrogen and oxygen atoms in total. The standard InChI is InChI=1S/C15H20O3S/c1-2-12-3-4-13(19-12)14(16)11-5-7-18-15(9-11)6-8-17-10-15/h3-4,11H,2,5-10H2,1H3. The molecule has 19 heavy (non-hydrogen) atoms. The predicted octanol–water partition coefficient (Wildman–Crippen LogP) is 3.08. The Hall–Kier alpha value is -0.710. The topological polar surface area (TPSA) is 35.5 Å². The Morgan fingerprint density at radius 1 is 1.47 bits per heavy atom. The Balaban J connectivity index is 1.72. The highest BCUT2D eigenvalue weighted by atomic mass is 32.1. The molecular formula is C15H20O3S. The minimum Gasteiger partial charge on any atom is -0.378 e. The van der Waals surface area contributed by atoms with E-state index in [1.54, 1.807) is 11.3 Å². The van der Waals surface area contributed by atoms with Crippen LogP contribution >= 0.6 is 11.3 Å². The van der Waals surface area contributed by atoms with Gasteiger partial charge in [0.2, 0.25) is 0 Å². The fraction of sp³-hybridized carbons (Fsp3) is 0.667. The number of hydrogen-bond acceptors (Lipinski definition) is 4. The third kappa shape index (κ3) is 2.62. The van der Waals surface area contributed by atoms with E-state index < -0.39 is 0 Å². The van der Waals surface area contributed by atoms with Crippen molar-refractivity contribution >= 4 is 17.1 Å². The predicted molar refractivity (Wildman–Crippen MR) is 74.9 cm³/mol. The third-order valence-electron chi connectivity index (χ3n) is 4.18. The highest BCUT2D eigenvalue weighted by Gasteiger charge is 2.43. The summed E-state index contributed by atoms with van der Waals surface area (Å²) in [5.41, 5.74) is -0.177. The van der Waals surface area contributed by atoms with Crippen LogP contribution in [0.5, 0.6) is 0 Å². The zero-order chi connectivity index (χ0) is 13.3. The number of ether oxygens (including phenoxy) is 2. The zero-order valence-electron chi connectivity index (χ0n) is 11.3. The lowest BCUT2D eigenvalue weighted by atomic mass is 9.82. The summed E-state index contributed by atoms with van der Waals surface area (Å²) in [7, 11) is 0. The summed E-state index contributed by atoms with van der Waals surface area (Å²) >= 11 is 1.64. The van der Waals surface area contributed by atoms with Crippen LogP contribution in [0.3, 0.4) is 0 Å². The van der Waals surface area contributed by atoms with E-state index in [0.717, 1.165) is 37.2 Å². The maximum Gasteiger partial charge on any atom is 0.176 e. The van der Waals surface area contributed by atoms with Crippen molar-refractivity contribution in [1.82, 2.24) is 0 Å². The number of rotatable bonds is 3. The van der Waals surface area contributed by atoms with Crippen LogP contribution in [-0.4, -0.2) is 31.2 Å². The number of carbonyl (C=O) groups excluding carboxylic acids is 1.